The van der Waals surface area contributed by atoms with Crippen LogP contribution in [0.15, 0.2) is 0 Å². The van der Waals surface area contributed by atoms with Gasteiger partial charge in [0.2, 0.25) is 5.91 Å². The number of carbonyl (C=O) groups excluding carboxylic acids is 1. The standard InChI is InChI=1S/C12H23F3N2O/c1-2-3-4-5-6-7-8-16-9-11(18)17-10-12(13,14)15/h16H,2-10H2,1H3,(H,17,18). The van der Waals surface area contributed by atoms with Gasteiger partial charge >= 0.3 is 6.18 Å². The molecule has 0 aromatic carbocycles. The molecule has 0 saturated carbocycles. The van der Waals surface area contributed by atoms with E-state index in [0.717, 1.165) is 12.8 Å². The molecule has 108 valence electrons. The minimum atomic E-state index is -4.34. The third kappa shape index (κ3) is 13.3. The molecule has 3 nitrogen and oxygen atoms in total. The molecule has 6 heteroatoms. The number of hydrogen-bond donors (Lipinski definition) is 2. The fraction of sp³-hybridized carbons (Fsp3) is 0.917. The van der Waals surface area contributed by atoms with Gasteiger partial charge in [0, 0.05) is 0 Å². The molecule has 0 atom stereocenters. The van der Waals surface area contributed by atoms with Crippen LogP contribution in [-0.2, 0) is 4.79 Å². The first-order valence-electron chi connectivity index (χ1n) is 6.50. The number of unbranched alkanes of at least 4 members (excludes halogenated alkanes) is 5. The molecule has 18 heavy (non-hydrogen) atoms. The van der Waals surface area contributed by atoms with Crippen LogP contribution in [0.2, 0.25) is 0 Å². The summed E-state index contributed by atoms with van der Waals surface area (Å²) in [4.78, 5) is 11.0. The first-order chi connectivity index (χ1) is 8.45. The van der Waals surface area contributed by atoms with E-state index in [1.807, 2.05) is 5.32 Å². The third-order valence-corrected chi connectivity index (χ3v) is 2.48. The number of rotatable bonds is 10. The Kier molecular flexibility index (Phi) is 9.73. The van der Waals surface area contributed by atoms with Crippen LogP contribution in [0.25, 0.3) is 0 Å². The molecule has 0 saturated heterocycles. The van der Waals surface area contributed by atoms with Gasteiger partial charge < -0.3 is 10.6 Å². The van der Waals surface area contributed by atoms with Crippen LogP contribution < -0.4 is 10.6 Å². The topological polar surface area (TPSA) is 41.1 Å². The first kappa shape index (κ1) is 17.2. The highest BCUT2D eigenvalue weighted by Gasteiger charge is 2.27. The second-order valence-corrected chi connectivity index (χ2v) is 4.34. The maximum absolute atomic E-state index is 11.8. The lowest BCUT2D eigenvalue weighted by Gasteiger charge is -2.09. The van der Waals surface area contributed by atoms with Gasteiger partial charge in [-0.25, -0.2) is 0 Å². The van der Waals surface area contributed by atoms with Gasteiger partial charge in [0.1, 0.15) is 6.54 Å². The van der Waals surface area contributed by atoms with Gasteiger partial charge in [-0.3, -0.25) is 4.79 Å². The lowest BCUT2D eigenvalue weighted by molar-refractivity contribution is -0.137. The molecular weight excluding hydrogens is 245 g/mol. The van der Waals surface area contributed by atoms with Gasteiger partial charge in [-0.1, -0.05) is 39.0 Å². The number of amides is 1. The van der Waals surface area contributed by atoms with E-state index in [1.165, 1.54) is 25.7 Å². The van der Waals surface area contributed by atoms with E-state index in [4.69, 9.17) is 0 Å². The molecule has 0 fully saturated rings. The summed E-state index contributed by atoms with van der Waals surface area (Å²) in [6.07, 6.45) is 2.56. The van der Waals surface area contributed by atoms with E-state index in [2.05, 4.69) is 12.2 Å². The van der Waals surface area contributed by atoms with Gasteiger partial charge in [0.15, 0.2) is 0 Å². The lowest BCUT2D eigenvalue weighted by atomic mass is 10.1. The molecule has 0 unspecified atom stereocenters. The fourth-order valence-electron chi connectivity index (χ4n) is 1.49. The van der Waals surface area contributed by atoms with E-state index in [-0.39, 0.29) is 6.54 Å². The third-order valence-electron chi connectivity index (χ3n) is 2.48. The highest BCUT2D eigenvalue weighted by atomic mass is 19.4. The summed E-state index contributed by atoms with van der Waals surface area (Å²) in [5, 5.41) is 4.65. The molecule has 0 aromatic heterocycles. The number of carbonyl (C=O) groups is 1. The van der Waals surface area contributed by atoms with Crippen molar-refractivity contribution in [3.05, 3.63) is 0 Å². The van der Waals surface area contributed by atoms with Crippen molar-refractivity contribution in [3.8, 4) is 0 Å². The molecule has 0 aliphatic heterocycles. The molecule has 0 spiro atoms. The normalized spacial score (nSPS) is 11.6. The van der Waals surface area contributed by atoms with Crippen LogP contribution in [0.5, 0.6) is 0 Å². The Bertz CT molecular complexity index is 220. The fourth-order valence-corrected chi connectivity index (χ4v) is 1.49. The Hall–Kier alpha value is -0.780. The van der Waals surface area contributed by atoms with Crippen LogP contribution in [0.3, 0.4) is 0 Å². The number of nitrogens with one attached hydrogen (secondary N) is 2. The highest BCUT2D eigenvalue weighted by molar-refractivity contribution is 5.77. The van der Waals surface area contributed by atoms with Gasteiger partial charge in [0.25, 0.3) is 0 Å². The smallest absolute Gasteiger partial charge is 0.346 e. The van der Waals surface area contributed by atoms with Crippen LogP contribution in [0, 0.1) is 0 Å². The molecule has 0 radical (unpaired) electrons. The zero-order valence-electron chi connectivity index (χ0n) is 10.9. The molecule has 0 bridgehead atoms. The van der Waals surface area contributed by atoms with Crippen molar-refractivity contribution >= 4 is 5.91 Å². The van der Waals surface area contributed by atoms with Crippen LogP contribution in [-0.4, -0.2) is 31.7 Å². The quantitative estimate of drug-likeness (QED) is 0.598. The summed E-state index contributed by atoms with van der Waals surface area (Å²) in [6.45, 7) is 1.52. The van der Waals surface area contributed by atoms with E-state index in [9.17, 15) is 18.0 Å². The summed E-state index contributed by atoms with van der Waals surface area (Å²) < 4.78 is 35.3. The lowest BCUT2D eigenvalue weighted by Crippen LogP contribution is -2.39. The van der Waals surface area contributed by atoms with Gasteiger partial charge in [-0.05, 0) is 13.0 Å². The molecule has 0 aliphatic rings. The summed E-state index contributed by atoms with van der Waals surface area (Å²) >= 11 is 0. The van der Waals surface area contributed by atoms with Crippen molar-refractivity contribution < 1.29 is 18.0 Å². The van der Waals surface area contributed by atoms with Gasteiger partial charge in [-0.15, -0.1) is 0 Å². The number of hydrogen-bond acceptors (Lipinski definition) is 2. The Morgan fingerprint density at radius 3 is 2.28 bits per heavy atom. The van der Waals surface area contributed by atoms with E-state index >= 15 is 0 Å². The molecule has 0 heterocycles. The average molecular weight is 268 g/mol. The van der Waals surface area contributed by atoms with Gasteiger partial charge in [0.05, 0.1) is 6.54 Å². The second-order valence-electron chi connectivity index (χ2n) is 4.34. The van der Waals surface area contributed by atoms with Crippen molar-refractivity contribution in [3.63, 3.8) is 0 Å². The maximum atomic E-state index is 11.8. The van der Waals surface area contributed by atoms with Crippen molar-refractivity contribution in [2.24, 2.45) is 0 Å². The van der Waals surface area contributed by atoms with Crippen LogP contribution in [0.1, 0.15) is 45.4 Å². The van der Waals surface area contributed by atoms with E-state index < -0.39 is 18.6 Å². The average Bonchev–Trinajstić information content (AvgIpc) is 2.29. The van der Waals surface area contributed by atoms with E-state index in [1.54, 1.807) is 0 Å². The van der Waals surface area contributed by atoms with Crippen molar-refractivity contribution in [2.75, 3.05) is 19.6 Å². The molecule has 0 aromatic rings. The minimum absolute atomic E-state index is 0.0506. The molecule has 0 rings (SSSR count). The minimum Gasteiger partial charge on any atom is -0.346 e. The molecule has 1 amide bonds. The predicted molar refractivity (Wildman–Crippen MR) is 65.3 cm³/mol. The molecule has 2 N–H and O–H groups in total. The predicted octanol–water partition coefficient (Wildman–Crippen LogP) is 2.62. The molecular formula is C12H23F3N2O. The largest absolute Gasteiger partial charge is 0.405 e. The van der Waals surface area contributed by atoms with Crippen molar-refractivity contribution in [1.29, 1.82) is 0 Å². The Morgan fingerprint density at radius 1 is 1.06 bits per heavy atom. The Balaban J connectivity index is 3.25. The summed E-state index contributed by atoms with van der Waals surface area (Å²) in [7, 11) is 0. The first-order valence-corrected chi connectivity index (χ1v) is 6.50. The maximum Gasteiger partial charge on any atom is 0.405 e. The zero-order valence-corrected chi connectivity index (χ0v) is 10.9. The number of alkyl halides is 3. The zero-order chi connectivity index (χ0) is 13.9. The monoisotopic (exact) mass is 268 g/mol. The second kappa shape index (κ2) is 10.2. The SMILES string of the molecule is CCCCCCCCNCC(=O)NCC(F)(F)F. The van der Waals surface area contributed by atoms with Crippen molar-refractivity contribution in [2.45, 2.75) is 51.6 Å². The summed E-state index contributed by atoms with van der Waals surface area (Å²) in [6, 6.07) is 0. The number of halogens is 3. The Labute approximate surface area is 107 Å². The molecule has 0 aliphatic carbocycles. The Morgan fingerprint density at radius 2 is 1.67 bits per heavy atom. The van der Waals surface area contributed by atoms with E-state index in [0.29, 0.717) is 6.54 Å². The van der Waals surface area contributed by atoms with Crippen molar-refractivity contribution in [1.82, 2.24) is 10.6 Å². The highest BCUT2D eigenvalue weighted by Crippen LogP contribution is 2.11. The van der Waals surface area contributed by atoms with Crippen LogP contribution >= 0.6 is 0 Å². The van der Waals surface area contributed by atoms with Crippen LogP contribution in [0.4, 0.5) is 13.2 Å². The summed E-state index contributed by atoms with van der Waals surface area (Å²) in [5.41, 5.74) is 0. The summed E-state index contributed by atoms with van der Waals surface area (Å²) in [5.74, 6) is -0.613. The van der Waals surface area contributed by atoms with Gasteiger partial charge in [-0.2, -0.15) is 13.2 Å².